The van der Waals surface area contributed by atoms with Crippen molar-refractivity contribution in [2.24, 2.45) is 0 Å². The topological polar surface area (TPSA) is 18.5 Å². The normalized spacial score (nSPS) is 11.5. The van der Waals surface area contributed by atoms with Crippen LogP contribution in [0.5, 0.6) is 5.75 Å². The first-order valence-corrected chi connectivity index (χ1v) is 8.38. The predicted octanol–water partition coefficient (Wildman–Crippen LogP) is 2.53. The van der Waals surface area contributed by atoms with Crippen molar-refractivity contribution in [1.29, 1.82) is 0 Å². The van der Waals surface area contributed by atoms with Crippen LogP contribution in [0.3, 0.4) is 0 Å². The van der Waals surface area contributed by atoms with Crippen molar-refractivity contribution in [2.45, 2.75) is 26.9 Å². The van der Waals surface area contributed by atoms with Crippen molar-refractivity contribution in [3.05, 3.63) is 24.3 Å². The van der Waals surface area contributed by atoms with Crippen molar-refractivity contribution in [2.75, 3.05) is 13.2 Å². The van der Waals surface area contributed by atoms with Crippen molar-refractivity contribution >= 4 is 13.5 Å². The second-order valence-electron chi connectivity index (χ2n) is 3.90. The summed E-state index contributed by atoms with van der Waals surface area (Å²) in [6.07, 6.45) is 0. The molecule has 0 unspecified atom stereocenters. The average Bonchev–Trinajstić information content (AvgIpc) is 2.19. The summed E-state index contributed by atoms with van der Waals surface area (Å²) in [5.41, 5.74) is 0. The van der Waals surface area contributed by atoms with Crippen molar-refractivity contribution in [3.8, 4) is 5.75 Å². The minimum Gasteiger partial charge on any atom is -0.494 e. The summed E-state index contributed by atoms with van der Waals surface area (Å²) in [6, 6.07) is 8.28. The number of hydrogen-bond donors (Lipinski definition) is 0. The summed E-state index contributed by atoms with van der Waals surface area (Å²) in [5.74, 6) is 0.933. The lowest BCUT2D eigenvalue weighted by molar-refractivity contribution is 0.337. The highest BCUT2D eigenvalue weighted by Crippen LogP contribution is 2.11. The Morgan fingerprint density at radius 3 is 2.07 bits per heavy atom. The van der Waals surface area contributed by atoms with Gasteiger partial charge in [0.2, 0.25) is 8.32 Å². The van der Waals surface area contributed by atoms with Crippen LogP contribution < -0.4 is 9.92 Å². The van der Waals surface area contributed by atoms with E-state index in [1.807, 2.05) is 26.0 Å². The van der Waals surface area contributed by atoms with E-state index in [0.717, 1.165) is 12.4 Å². The van der Waals surface area contributed by atoms with E-state index in [-0.39, 0.29) is 0 Å². The Morgan fingerprint density at radius 1 is 1.00 bits per heavy atom. The summed E-state index contributed by atoms with van der Waals surface area (Å²) in [6.45, 7) is 9.96. The quantitative estimate of drug-likeness (QED) is 0.716. The van der Waals surface area contributed by atoms with Gasteiger partial charge in [-0.2, -0.15) is 0 Å². The van der Waals surface area contributed by atoms with E-state index in [4.69, 9.17) is 9.16 Å². The van der Waals surface area contributed by atoms with Gasteiger partial charge in [-0.25, -0.2) is 0 Å². The van der Waals surface area contributed by atoms with Crippen LogP contribution in [0, 0.1) is 0 Å². The Kier molecular flexibility index (Phi) is 4.36. The number of rotatable bonds is 5. The van der Waals surface area contributed by atoms with E-state index >= 15 is 0 Å². The molecule has 1 rings (SSSR count). The first-order chi connectivity index (χ1) is 7.10. The highest BCUT2D eigenvalue weighted by atomic mass is 28.4. The van der Waals surface area contributed by atoms with E-state index in [1.165, 1.54) is 5.19 Å². The van der Waals surface area contributed by atoms with Crippen LogP contribution >= 0.6 is 0 Å². The van der Waals surface area contributed by atoms with Crippen LogP contribution in [0.1, 0.15) is 13.8 Å². The molecule has 0 bridgehead atoms. The molecule has 0 radical (unpaired) electrons. The maximum absolute atomic E-state index is 5.81. The molecule has 0 aliphatic carbocycles. The van der Waals surface area contributed by atoms with Gasteiger partial charge in [-0.1, -0.05) is 12.1 Å². The Balaban J connectivity index is 2.78. The van der Waals surface area contributed by atoms with Gasteiger partial charge in [-0.05, 0) is 44.3 Å². The van der Waals surface area contributed by atoms with Crippen LogP contribution in [0.25, 0.3) is 0 Å². The van der Waals surface area contributed by atoms with Gasteiger partial charge >= 0.3 is 0 Å². The molecule has 0 amide bonds. The van der Waals surface area contributed by atoms with Gasteiger partial charge in [0, 0.05) is 6.61 Å². The lowest BCUT2D eigenvalue weighted by atomic mass is 10.3. The maximum Gasteiger partial charge on any atom is 0.218 e. The monoisotopic (exact) mass is 224 g/mol. The lowest BCUT2D eigenvalue weighted by Gasteiger charge is -2.22. The van der Waals surface area contributed by atoms with Crippen LogP contribution in [0.2, 0.25) is 13.1 Å². The molecular formula is C12H20O2Si. The van der Waals surface area contributed by atoms with Gasteiger partial charge in [0.25, 0.3) is 0 Å². The molecule has 0 saturated heterocycles. The van der Waals surface area contributed by atoms with Crippen molar-refractivity contribution in [1.82, 2.24) is 0 Å². The van der Waals surface area contributed by atoms with Gasteiger partial charge in [0.15, 0.2) is 0 Å². The smallest absolute Gasteiger partial charge is 0.218 e. The van der Waals surface area contributed by atoms with Crippen molar-refractivity contribution in [3.63, 3.8) is 0 Å². The molecule has 0 atom stereocenters. The molecule has 0 N–H and O–H groups in total. The summed E-state index contributed by atoms with van der Waals surface area (Å²) < 4.78 is 11.2. The van der Waals surface area contributed by atoms with E-state index < -0.39 is 8.32 Å². The van der Waals surface area contributed by atoms with E-state index in [1.54, 1.807) is 0 Å². The highest BCUT2D eigenvalue weighted by Gasteiger charge is 2.24. The molecule has 0 spiro atoms. The van der Waals surface area contributed by atoms with Gasteiger partial charge in [0.1, 0.15) is 5.75 Å². The Labute approximate surface area is 93.4 Å². The SMILES string of the molecule is CCOc1ccc([Si](C)(C)OCC)cc1. The molecule has 0 aromatic heterocycles. The molecule has 0 fully saturated rings. The van der Waals surface area contributed by atoms with E-state index in [2.05, 4.69) is 25.2 Å². The fourth-order valence-corrected chi connectivity index (χ4v) is 3.42. The van der Waals surface area contributed by atoms with E-state index in [9.17, 15) is 0 Å². The Bertz CT molecular complexity index is 293. The molecule has 0 saturated carbocycles. The fraction of sp³-hybridized carbons (Fsp3) is 0.500. The number of hydrogen-bond acceptors (Lipinski definition) is 2. The van der Waals surface area contributed by atoms with Crippen LogP contribution in [-0.2, 0) is 4.43 Å². The number of benzene rings is 1. The van der Waals surface area contributed by atoms with Crippen molar-refractivity contribution < 1.29 is 9.16 Å². The summed E-state index contributed by atoms with van der Waals surface area (Å²) in [5, 5.41) is 1.31. The lowest BCUT2D eigenvalue weighted by Crippen LogP contribution is -2.44. The molecular weight excluding hydrogens is 204 g/mol. The Hall–Kier alpha value is -0.803. The third kappa shape index (κ3) is 3.36. The van der Waals surface area contributed by atoms with Crippen LogP contribution in [-0.4, -0.2) is 21.5 Å². The molecule has 1 aromatic rings. The summed E-state index contributed by atoms with van der Waals surface area (Å²) >= 11 is 0. The second kappa shape index (κ2) is 5.33. The third-order valence-corrected chi connectivity index (χ3v) is 5.10. The maximum atomic E-state index is 5.81. The molecule has 2 nitrogen and oxygen atoms in total. The van der Waals surface area contributed by atoms with Crippen LogP contribution in [0.4, 0.5) is 0 Å². The highest BCUT2D eigenvalue weighted by molar-refractivity contribution is 6.84. The average molecular weight is 224 g/mol. The molecule has 0 aliphatic heterocycles. The van der Waals surface area contributed by atoms with Gasteiger partial charge in [0.05, 0.1) is 6.61 Å². The molecule has 15 heavy (non-hydrogen) atoms. The van der Waals surface area contributed by atoms with Gasteiger partial charge < -0.3 is 9.16 Å². The molecule has 84 valence electrons. The summed E-state index contributed by atoms with van der Waals surface area (Å²) in [7, 11) is -1.68. The molecule has 3 heteroatoms. The molecule has 0 aliphatic rings. The second-order valence-corrected chi connectivity index (χ2v) is 7.79. The zero-order valence-corrected chi connectivity index (χ0v) is 11.0. The van der Waals surface area contributed by atoms with Gasteiger partial charge in [-0.3, -0.25) is 0 Å². The fourth-order valence-electron chi connectivity index (χ4n) is 1.56. The molecule has 1 aromatic carbocycles. The first-order valence-electron chi connectivity index (χ1n) is 5.47. The standard InChI is InChI=1S/C12H20O2Si/c1-5-13-11-7-9-12(10-8-11)15(3,4)14-6-2/h7-10H,5-6H2,1-4H3. The predicted molar refractivity (Wildman–Crippen MR) is 66.4 cm³/mol. The zero-order chi connectivity index (χ0) is 11.3. The third-order valence-electron chi connectivity index (χ3n) is 2.37. The number of ether oxygens (including phenoxy) is 1. The minimum absolute atomic E-state index is 0.714. The van der Waals surface area contributed by atoms with Crippen LogP contribution in [0.15, 0.2) is 24.3 Å². The molecule has 0 heterocycles. The Morgan fingerprint density at radius 2 is 1.60 bits per heavy atom. The van der Waals surface area contributed by atoms with Gasteiger partial charge in [-0.15, -0.1) is 0 Å². The first kappa shape index (κ1) is 12.3. The van der Waals surface area contributed by atoms with E-state index in [0.29, 0.717) is 6.61 Å². The minimum atomic E-state index is -1.68. The largest absolute Gasteiger partial charge is 0.494 e. The zero-order valence-electron chi connectivity index (χ0n) is 10.0. The summed E-state index contributed by atoms with van der Waals surface area (Å²) in [4.78, 5) is 0.